The summed E-state index contributed by atoms with van der Waals surface area (Å²) in [5.41, 5.74) is 0.994. The van der Waals surface area contributed by atoms with Gasteiger partial charge in [0, 0.05) is 10.4 Å². The minimum atomic E-state index is -0.970. The molecule has 142 valence electrons. The average Bonchev–Trinajstić information content (AvgIpc) is 3.21. The van der Waals surface area contributed by atoms with Gasteiger partial charge in [0.15, 0.2) is 0 Å². The van der Waals surface area contributed by atoms with Crippen LogP contribution < -0.4 is 10.1 Å². The van der Waals surface area contributed by atoms with Crippen LogP contribution >= 0.6 is 11.3 Å². The Bertz CT molecular complexity index is 880. The number of amides is 3. The number of nitrogens with zero attached hydrogens (tertiary/aromatic N) is 1. The molecule has 1 saturated heterocycles. The summed E-state index contributed by atoms with van der Waals surface area (Å²) in [6.45, 7) is 1.88. The van der Waals surface area contributed by atoms with Gasteiger partial charge in [-0.3, -0.25) is 9.69 Å². The quantitative estimate of drug-likeness (QED) is 0.774. The van der Waals surface area contributed by atoms with Gasteiger partial charge in [-0.25, -0.2) is 4.79 Å². The van der Waals surface area contributed by atoms with Crippen LogP contribution in [-0.2, 0) is 16.8 Å². The Morgan fingerprint density at radius 3 is 3.04 bits per heavy atom. The third-order valence-corrected chi connectivity index (χ3v) is 6.14. The van der Waals surface area contributed by atoms with Gasteiger partial charge in [-0.1, -0.05) is 12.1 Å². The second kappa shape index (κ2) is 6.98. The monoisotopic (exact) mass is 386 g/mol. The standard InChI is InChI=1S/C20H22N2O4S/c1-13-4-2-5-15(10-13)26-12-14(23)11-22-18(24)20(21-19(22)25)8-3-6-17-16(20)7-9-27-17/h2,4-5,7,9-10,14,23H,3,6,8,11-12H2,1H3,(H,21,25)/t14-,20-/m0/s1. The zero-order chi connectivity index (χ0) is 19.0. The Balaban J connectivity index is 1.44. The van der Waals surface area contributed by atoms with Gasteiger partial charge in [-0.05, 0) is 55.3 Å². The molecule has 1 aliphatic carbocycles. The van der Waals surface area contributed by atoms with Gasteiger partial charge in [-0.15, -0.1) is 11.3 Å². The summed E-state index contributed by atoms with van der Waals surface area (Å²) >= 11 is 1.62. The molecule has 0 radical (unpaired) electrons. The number of aliphatic hydroxyl groups excluding tert-OH is 1. The minimum Gasteiger partial charge on any atom is -0.491 e. The van der Waals surface area contributed by atoms with E-state index in [2.05, 4.69) is 5.32 Å². The van der Waals surface area contributed by atoms with Crippen molar-refractivity contribution >= 4 is 23.3 Å². The van der Waals surface area contributed by atoms with Crippen LogP contribution in [0.3, 0.4) is 0 Å². The first-order chi connectivity index (χ1) is 13.0. The van der Waals surface area contributed by atoms with Crippen LogP contribution in [-0.4, -0.2) is 41.2 Å². The van der Waals surface area contributed by atoms with E-state index >= 15 is 0 Å². The number of carbonyl (C=O) groups is 2. The minimum absolute atomic E-state index is 0.0111. The molecule has 0 bridgehead atoms. The number of urea groups is 1. The number of aryl methyl sites for hydroxylation is 2. The summed E-state index contributed by atoms with van der Waals surface area (Å²) in [5.74, 6) is 0.374. The molecular weight excluding hydrogens is 364 g/mol. The normalized spacial score (nSPS) is 22.7. The van der Waals surface area contributed by atoms with Crippen LogP contribution in [0.1, 0.15) is 28.8 Å². The highest BCUT2D eigenvalue weighted by Gasteiger charge is 2.54. The number of thiophene rings is 1. The number of carbonyl (C=O) groups excluding carboxylic acids is 2. The maximum Gasteiger partial charge on any atom is 0.325 e. The van der Waals surface area contributed by atoms with E-state index in [1.807, 2.05) is 42.6 Å². The van der Waals surface area contributed by atoms with Crippen molar-refractivity contribution in [2.45, 2.75) is 37.8 Å². The highest BCUT2D eigenvalue weighted by Crippen LogP contribution is 2.42. The molecule has 0 unspecified atom stereocenters. The summed E-state index contributed by atoms with van der Waals surface area (Å²) in [4.78, 5) is 27.9. The van der Waals surface area contributed by atoms with Crippen LogP contribution in [0.15, 0.2) is 35.7 Å². The van der Waals surface area contributed by atoms with E-state index in [4.69, 9.17) is 4.74 Å². The Kier molecular flexibility index (Phi) is 4.65. The number of rotatable bonds is 5. The number of aliphatic hydroxyl groups is 1. The third kappa shape index (κ3) is 3.21. The molecule has 2 atom stereocenters. The fraction of sp³-hybridized carbons (Fsp3) is 0.400. The van der Waals surface area contributed by atoms with Crippen molar-refractivity contribution in [2.24, 2.45) is 0 Å². The van der Waals surface area contributed by atoms with E-state index in [1.165, 1.54) is 0 Å². The summed E-state index contributed by atoms with van der Waals surface area (Å²) in [6.07, 6.45) is 1.42. The zero-order valence-corrected chi connectivity index (χ0v) is 15.9. The fourth-order valence-corrected chi connectivity index (χ4v) is 4.87. The molecule has 27 heavy (non-hydrogen) atoms. The van der Waals surface area contributed by atoms with Gasteiger partial charge in [0.2, 0.25) is 0 Å². The lowest BCUT2D eigenvalue weighted by molar-refractivity contribution is -0.133. The van der Waals surface area contributed by atoms with Crippen LogP contribution in [0.25, 0.3) is 0 Å². The molecule has 2 aromatic rings. The second-order valence-corrected chi connectivity index (χ2v) is 8.14. The van der Waals surface area contributed by atoms with Crippen molar-refractivity contribution in [3.8, 4) is 5.75 Å². The van der Waals surface area contributed by atoms with Gasteiger partial charge in [0.25, 0.3) is 5.91 Å². The van der Waals surface area contributed by atoms with Crippen molar-refractivity contribution in [3.05, 3.63) is 51.7 Å². The Labute approximate surface area is 161 Å². The number of benzene rings is 1. The molecule has 1 aromatic heterocycles. The lowest BCUT2D eigenvalue weighted by atomic mass is 9.80. The average molecular weight is 386 g/mol. The number of hydrogen-bond acceptors (Lipinski definition) is 5. The van der Waals surface area contributed by atoms with Crippen LogP contribution in [0.2, 0.25) is 0 Å². The maximum absolute atomic E-state index is 13.1. The summed E-state index contributed by atoms with van der Waals surface area (Å²) in [6, 6.07) is 8.99. The van der Waals surface area contributed by atoms with E-state index in [0.29, 0.717) is 12.2 Å². The molecule has 2 heterocycles. The number of hydrogen-bond donors (Lipinski definition) is 2. The van der Waals surface area contributed by atoms with Crippen molar-refractivity contribution in [3.63, 3.8) is 0 Å². The highest BCUT2D eigenvalue weighted by atomic mass is 32.1. The van der Waals surface area contributed by atoms with Crippen LogP contribution in [0.5, 0.6) is 5.75 Å². The molecule has 7 heteroatoms. The Morgan fingerprint density at radius 2 is 2.22 bits per heavy atom. The van der Waals surface area contributed by atoms with Crippen molar-refractivity contribution in [2.75, 3.05) is 13.2 Å². The Hall–Kier alpha value is -2.38. The van der Waals surface area contributed by atoms with Crippen molar-refractivity contribution in [1.82, 2.24) is 10.2 Å². The van der Waals surface area contributed by atoms with E-state index in [-0.39, 0.29) is 19.1 Å². The van der Waals surface area contributed by atoms with Gasteiger partial charge >= 0.3 is 6.03 Å². The molecule has 2 aliphatic rings. The molecule has 4 rings (SSSR count). The lowest BCUT2D eigenvalue weighted by Crippen LogP contribution is -2.46. The predicted octanol–water partition coefficient (Wildman–Crippen LogP) is 2.58. The van der Waals surface area contributed by atoms with Gasteiger partial charge in [0.1, 0.15) is 24.0 Å². The first-order valence-electron chi connectivity index (χ1n) is 9.08. The fourth-order valence-electron chi connectivity index (χ4n) is 3.87. The molecule has 6 nitrogen and oxygen atoms in total. The SMILES string of the molecule is Cc1cccc(OC[C@@H](O)CN2C(=O)N[C@]3(CCCc4sccc43)C2=O)c1. The summed E-state index contributed by atoms with van der Waals surface area (Å²) < 4.78 is 5.59. The van der Waals surface area contributed by atoms with Crippen molar-refractivity contribution < 1.29 is 19.4 Å². The number of fused-ring (bicyclic) bond motifs is 2. The van der Waals surface area contributed by atoms with Crippen LogP contribution in [0.4, 0.5) is 4.79 Å². The van der Waals surface area contributed by atoms with E-state index < -0.39 is 17.7 Å². The Morgan fingerprint density at radius 1 is 1.37 bits per heavy atom. The van der Waals surface area contributed by atoms with Gasteiger partial charge in [0.05, 0.1) is 6.54 Å². The number of ether oxygens (including phenoxy) is 1. The summed E-state index contributed by atoms with van der Waals surface area (Å²) in [5, 5.41) is 15.2. The van der Waals surface area contributed by atoms with Gasteiger partial charge in [-0.2, -0.15) is 0 Å². The van der Waals surface area contributed by atoms with E-state index in [9.17, 15) is 14.7 Å². The molecule has 3 amide bonds. The van der Waals surface area contributed by atoms with Gasteiger partial charge < -0.3 is 15.2 Å². The summed E-state index contributed by atoms with van der Waals surface area (Å²) in [7, 11) is 0. The molecule has 1 spiro atoms. The maximum atomic E-state index is 13.1. The number of β-amino-alcohol motifs (C(OH)–C–C–N with tert-alkyl or cyclic N) is 1. The highest BCUT2D eigenvalue weighted by molar-refractivity contribution is 7.10. The molecule has 1 fully saturated rings. The topological polar surface area (TPSA) is 78.9 Å². The molecule has 0 saturated carbocycles. The third-order valence-electron chi connectivity index (χ3n) is 5.16. The molecule has 1 aromatic carbocycles. The first kappa shape index (κ1) is 18.0. The molecule has 1 aliphatic heterocycles. The first-order valence-corrected chi connectivity index (χ1v) is 9.96. The smallest absolute Gasteiger partial charge is 0.325 e. The van der Waals surface area contributed by atoms with E-state index in [0.717, 1.165) is 33.7 Å². The number of nitrogens with one attached hydrogen (secondary N) is 1. The van der Waals surface area contributed by atoms with Crippen molar-refractivity contribution in [1.29, 1.82) is 0 Å². The largest absolute Gasteiger partial charge is 0.491 e. The number of imide groups is 1. The molecule has 2 N–H and O–H groups in total. The zero-order valence-electron chi connectivity index (χ0n) is 15.1. The lowest BCUT2D eigenvalue weighted by Gasteiger charge is -2.31. The molecular formula is C20H22N2O4S. The predicted molar refractivity (Wildman–Crippen MR) is 102 cm³/mol. The van der Waals surface area contributed by atoms with E-state index in [1.54, 1.807) is 11.3 Å². The van der Waals surface area contributed by atoms with Crippen LogP contribution in [0, 0.1) is 6.92 Å². The second-order valence-electron chi connectivity index (χ2n) is 7.14.